The first-order valence-corrected chi connectivity index (χ1v) is 5.71. The second-order valence-corrected chi connectivity index (χ2v) is 4.14. The summed E-state index contributed by atoms with van der Waals surface area (Å²) in [6.45, 7) is 2.00. The molecule has 0 unspecified atom stereocenters. The average Bonchev–Trinajstić information content (AvgIpc) is 2.39. The zero-order valence-corrected chi connectivity index (χ0v) is 9.89. The second kappa shape index (κ2) is 5.54. The number of nitrogens with one attached hydrogen (secondary N) is 1. The Morgan fingerprint density at radius 2 is 2.18 bits per heavy atom. The van der Waals surface area contributed by atoms with Crippen LogP contribution in [0.5, 0.6) is 0 Å². The molecule has 1 aromatic rings. The minimum atomic E-state index is -0.253. The number of likely N-dealkylation sites (tertiary alicyclic amines) is 1. The van der Waals surface area contributed by atoms with Gasteiger partial charge in [0.2, 0.25) is 0 Å². The van der Waals surface area contributed by atoms with Gasteiger partial charge in [-0.05, 0) is 19.2 Å². The molecule has 17 heavy (non-hydrogen) atoms. The van der Waals surface area contributed by atoms with Crippen LogP contribution < -0.4 is 5.43 Å². The molecule has 1 aromatic heterocycles. The van der Waals surface area contributed by atoms with E-state index in [4.69, 9.17) is 0 Å². The van der Waals surface area contributed by atoms with Crippen LogP contribution in [0.25, 0.3) is 0 Å². The van der Waals surface area contributed by atoms with Crippen LogP contribution in [0.3, 0.4) is 0 Å². The fourth-order valence-corrected chi connectivity index (χ4v) is 1.67. The molecule has 0 spiro atoms. The Labute approximate surface area is 101 Å². The lowest BCUT2D eigenvalue weighted by Crippen LogP contribution is -2.32. The van der Waals surface area contributed by atoms with Gasteiger partial charge in [0.15, 0.2) is 0 Å². The monoisotopic (exact) mass is 232 g/mol. The maximum absolute atomic E-state index is 11.7. The molecule has 0 atom stereocenters. The summed E-state index contributed by atoms with van der Waals surface area (Å²) >= 11 is 0. The summed E-state index contributed by atoms with van der Waals surface area (Å²) in [4.78, 5) is 17.9. The summed E-state index contributed by atoms with van der Waals surface area (Å²) in [6.07, 6.45) is 3.43. The summed E-state index contributed by atoms with van der Waals surface area (Å²) in [5, 5.41) is 4.14. The van der Waals surface area contributed by atoms with Gasteiger partial charge in [-0.1, -0.05) is 6.07 Å². The summed E-state index contributed by atoms with van der Waals surface area (Å²) < 4.78 is 0. The van der Waals surface area contributed by atoms with Gasteiger partial charge in [-0.2, -0.15) is 5.10 Å². The molecule has 1 amide bonds. The molecule has 1 aliphatic rings. The average molecular weight is 232 g/mol. The van der Waals surface area contributed by atoms with Crippen LogP contribution in [0.15, 0.2) is 29.5 Å². The number of carbonyl (C=O) groups is 1. The van der Waals surface area contributed by atoms with E-state index in [1.54, 1.807) is 24.4 Å². The van der Waals surface area contributed by atoms with E-state index < -0.39 is 0 Å². The van der Waals surface area contributed by atoms with E-state index in [-0.39, 0.29) is 5.91 Å². The molecule has 1 aliphatic heterocycles. The van der Waals surface area contributed by atoms with Crippen molar-refractivity contribution in [2.24, 2.45) is 5.10 Å². The van der Waals surface area contributed by atoms with Gasteiger partial charge in [-0.3, -0.25) is 9.78 Å². The van der Waals surface area contributed by atoms with Crippen LogP contribution in [0.4, 0.5) is 0 Å². The summed E-state index contributed by atoms with van der Waals surface area (Å²) in [5.41, 5.74) is 3.99. The SMILES string of the molecule is CN1CCC(=NNC(=O)c2ccccn2)CC1. The number of rotatable bonds is 2. The minimum absolute atomic E-state index is 0.253. The van der Waals surface area contributed by atoms with Gasteiger partial charge < -0.3 is 4.90 Å². The van der Waals surface area contributed by atoms with Crippen molar-refractivity contribution in [1.29, 1.82) is 0 Å². The van der Waals surface area contributed by atoms with E-state index in [2.05, 4.69) is 27.5 Å². The van der Waals surface area contributed by atoms with Crippen LogP contribution in [-0.4, -0.2) is 41.6 Å². The molecule has 2 heterocycles. The van der Waals surface area contributed by atoms with Crippen LogP contribution in [0.1, 0.15) is 23.3 Å². The lowest BCUT2D eigenvalue weighted by atomic mass is 10.1. The Morgan fingerprint density at radius 1 is 1.41 bits per heavy atom. The topological polar surface area (TPSA) is 57.6 Å². The lowest BCUT2D eigenvalue weighted by Gasteiger charge is -2.22. The molecule has 90 valence electrons. The van der Waals surface area contributed by atoms with Gasteiger partial charge in [0.05, 0.1) is 0 Å². The summed E-state index contributed by atoms with van der Waals surface area (Å²) in [6, 6.07) is 5.23. The number of hydrazone groups is 1. The number of hydrogen-bond donors (Lipinski definition) is 1. The van der Waals surface area contributed by atoms with Crippen LogP contribution >= 0.6 is 0 Å². The molecule has 0 saturated carbocycles. The largest absolute Gasteiger partial charge is 0.306 e. The Hall–Kier alpha value is -1.75. The fourth-order valence-electron chi connectivity index (χ4n) is 1.67. The van der Waals surface area contributed by atoms with E-state index in [1.807, 2.05) is 0 Å². The first-order valence-electron chi connectivity index (χ1n) is 5.71. The van der Waals surface area contributed by atoms with Gasteiger partial charge in [-0.25, -0.2) is 5.43 Å². The lowest BCUT2D eigenvalue weighted by molar-refractivity contribution is 0.0949. The molecule has 2 rings (SSSR count). The van der Waals surface area contributed by atoms with Crippen LogP contribution in [0.2, 0.25) is 0 Å². The zero-order valence-electron chi connectivity index (χ0n) is 9.89. The highest BCUT2D eigenvalue weighted by molar-refractivity contribution is 5.94. The number of hydrogen-bond acceptors (Lipinski definition) is 4. The minimum Gasteiger partial charge on any atom is -0.306 e. The van der Waals surface area contributed by atoms with Crippen molar-refractivity contribution in [3.63, 3.8) is 0 Å². The molecule has 5 heteroatoms. The van der Waals surface area contributed by atoms with Crippen molar-refractivity contribution >= 4 is 11.6 Å². The van der Waals surface area contributed by atoms with Crippen molar-refractivity contribution in [2.45, 2.75) is 12.8 Å². The van der Waals surface area contributed by atoms with E-state index in [0.717, 1.165) is 31.6 Å². The van der Waals surface area contributed by atoms with Crippen molar-refractivity contribution in [2.75, 3.05) is 20.1 Å². The number of pyridine rings is 1. The molecule has 0 aromatic carbocycles. The van der Waals surface area contributed by atoms with Crippen LogP contribution in [0, 0.1) is 0 Å². The maximum Gasteiger partial charge on any atom is 0.289 e. The number of piperidine rings is 1. The number of carbonyl (C=O) groups excluding carboxylic acids is 1. The van der Waals surface area contributed by atoms with E-state index in [9.17, 15) is 4.79 Å². The fraction of sp³-hybridized carbons (Fsp3) is 0.417. The van der Waals surface area contributed by atoms with Gasteiger partial charge in [0, 0.05) is 37.8 Å². The molecule has 1 saturated heterocycles. The normalized spacial score (nSPS) is 16.6. The maximum atomic E-state index is 11.7. The second-order valence-electron chi connectivity index (χ2n) is 4.14. The highest BCUT2D eigenvalue weighted by atomic mass is 16.2. The van der Waals surface area contributed by atoms with Crippen molar-refractivity contribution < 1.29 is 4.79 Å². The third-order valence-electron chi connectivity index (χ3n) is 2.78. The predicted octanol–water partition coefficient (Wildman–Crippen LogP) is 0.893. The van der Waals surface area contributed by atoms with E-state index in [0.29, 0.717) is 5.69 Å². The Balaban J connectivity index is 1.90. The highest BCUT2D eigenvalue weighted by Crippen LogP contribution is 2.04. The molecule has 0 bridgehead atoms. The molecular weight excluding hydrogens is 216 g/mol. The molecular formula is C12H16N4O. The Kier molecular flexibility index (Phi) is 3.82. The molecule has 1 fully saturated rings. The quantitative estimate of drug-likeness (QED) is 0.770. The molecule has 5 nitrogen and oxygen atoms in total. The van der Waals surface area contributed by atoms with Crippen molar-refractivity contribution in [3.05, 3.63) is 30.1 Å². The van der Waals surface area contributed by atoms with E-state index in [1.165, 1.54) is 0 Å². The van der Waals surface area contributed by atoms with Crippen molar-refractivity contribution in [1.82, 2.24) is 15.3 Å². The molecule has 0 aliphatic carbocycles. The van der Waals surface area contributed by atoms with Gasteiger partial charge >= 0.3 is 0 Å². The third-order valence-corrected chi connectivity index (χ3v) is 2.78. The zero-order chi connectivity index (χ0) is 12.1. The van der Waals surface area contributed by atoms with Gasteiger partial charge in [-0.15, -0.1) is 0 Å². The van der Waals surface area contributed by atoms with Gasteiger partial charge in [0.1, 0.15) is 5.69 Å². The van der Waals surface area contributed by atoms with E-state index >= 15 is 0 Å². The first kappa shape index (κ1) is 11.7. The smallest absolute Gasteiger partial charge is 0.289 e. The Bertz CT molecular complexity index is 406. The van der Waals surface area contributed by atoms with Crippen molar-refractivity contribution in [3.8, 4) is 0 Å². The summed E-state index contributed by atoms with van der Waals surface area (Å²) in [7, 11) is 2.09. The van der Waals surface area contributed by atoms with Crippen LogP contribution in [-0.2, 0) is 0 Å². The number of aromatic nitrogens is 1. The first-order chi connectivity index (χ1) is 8.25. The standard InChI is InChI=1S/C12H16N4O/c1-16-8-5-10(6-9-16)14-15-12(17)11-4-2-3-7-13-11/h2-4,7H,5-6,8-9H2,1H3,(H,15,17). The predicted molar refractivity (Wildman–Crippen MR) is 65.9 cm³/mol. The molecule has 1 N–H and O–H groups in total. The van der Waals surface area contributed by atoms with Gasteiger partial charge in [0.25, 0.3) is 5.91 Å². The highest BCUT2D eigenvalue weighted by Gasteiger charge is 2.12. The number of amides is 1. The third kappa shape index (κ3) is 3.35. The summed E-state index contributed by atoms with van der Waals surface area (Å²) in [5.74, 6) is -0.253. The number of nitrogens with zero attached hydrogens (tertiary/aromatic N) is 3. The Morgan fingerprint density at radius 3 is 2.82 bits per heavy atom. The molecule has 0 radical (unpaired) electrons.